The molecule has 0 radical (unpaired) electrons. The maximum atomic E-state index is 11.2. The zero-order chi connectivity index (χ0) is 11.5. The van der Waals surface area contributed by atoms with Crippen LogP contribution in [0.3, 0.4) is 0 Å². The Labute approximate surface area is 100 Å². The zero-order valence-corrected chi connectivity index (χ0v) is 10.1. The number of aromatic nitrogens is 1. The molecule has 3 nitrogen and oxygen atoms in total. The predicted octanol–water partition coefficient (Wildman–Crippen LogP) is 2.15. The third kappa shape index (κ3) is 2.73. The molecule has 86 valence electrons. The average Bonchev–Trinajstić information content (AvgIpc) is 2.66. The molecule has 1 fully saturated rings. The minimum absolute atomic E-state index is 0.176. The summed E-state index contributed by atoms with van der Waals surface area (Å²) in [5, 5.41) is 0.541. The van der Waals surface area contributed by atoms with Gasteiger partial charge in [-0.15, -0.1) is 0 Å². The van der Waals surface area contributed by atoms with Crippen molar-refractivity contribution in [3.8, 4) is 0 Å². The van der Waals surface area contributed by atoms with Crippen molar-refractivity contribution in [1.29, 1.82) is 0 Å². The first kappa shape index (κ1) is 11.4. The second-order valence-corrected chi connectivity index (χ2v) is 4.70. The lowest BCUT2D eigenvalue weighted by molar-refractivity contribution is -0.127. The van der Waals surface area contributed by atoms with E-state index >= 15 is 0 Å². The number of rotatable bonds is 2. The maximum absolute atomic E-state index is 11.2. The molecule has 2 rings (SSSR count). The Hall–Kier alpha value is -1.09. The fourth-order valence-corrected chi connectivity index (χ4v) is 2.38. The van der Waals surface area contributed by atoms with Crippen LogP contribution in [0.2, 0.25) is 5.15 Å². The van der Waals surface area contributed by atoms with Gasteiger partial charge in [-0.2, -0.15) is 0 Å². The zero-order valence-electron chi connectivity index (χ0n) is 9.32. The lowest BCUT2D eigenvalue weighted by atomic mass is 10.00. The molecule has 0 aromatic carbocycles. The minimum Gasteiger partial charge on any atom is -0.343 e. The van der Waals surface area contributed by atoms with Gasteiger partial charge < -0.3 is 4.90 Å². The summed E-state index contributed by atoms with van der Waals surface area (Å²) in [4.78, 5) is 17.1. The molecule has 1 amide bonds. The van der Waals surface area contributed by atoms with E-state index in [9.17, 15) is 4.79 Å². The molecule has 1 aromatic heterocycles. The van der Waals surface area contributed by atoms with E-state index in [0.717, 1.165) is 25.9 Å². The largest absolute Gasteiger partial charge is 0.343 e. The Kier molecular flexibility index (Phi) is 3.44. The van der Waals surface area contributed by atoms with E-state index in [-0.39, 0.29) is 5.91 Å². The van der Waals surface area contributed by atoms with Crippen molar-refractivity contribution in [2.45, 2.75) is 19.8 Å². The van der Waals surface area contributed by atoms with E-state index in [4.69, 9.17) is 11.6 Å². The molecular weight excluding hydrogens is 224 g/mol. The van der Waals surface area contributed by atoms with Crippen LogP contribution in [0.1, 0.15) is 18.9 Å². The predicted molar refractivity (Wildman–Crippen MR) is 63.3 cm³/mol. The van der Waals surface area contributed by atoms with E-state index in [2.05, 4.69) is 4.98 Å². The molecule has 0 aliphatic carbocycles. The average molecular weight is 239 g/mol. The van der Waals surface area contributed by atoms with E-state index < -0.39 is 0 Å². The van der Waals surface area contributed by atoms with Crippen molar-refractivity contribution in [2.24, 2.45) is 5.92 Å². The molecule has 0 saturated carbocycles. The van der Waals surface area contributed by atoms with Gasteiger partial charge in [0.25, 0.3) is 0 Å². The molecule has 1 atom stereocenters. The number of nitrogens with zero attached hydrogens (tertiary/aromatic N) is 2. The van der Waals surface area contributed by atoms with Gasteiger partial charge in [0, 0.05) is 26.2 Å². The van der Waals surface area contributed by atoms with Crippen LogP contribution in [-0.2, 0) is 11.2 Å². The van der Waals surface area contributed by atoms with Crippen molar-refractivity contribution in [3.63, 3.8) is 0 Å². The molecule has 1 aliphatic rings. The quantitative estimate of drug-likeness (QED) is 0.740. The van der Waals surface area contributed by atoms with Crippen LogP contribution in [0, 0.1) is 5.92 Å². The van der Waals surface area contributed by atoms with Gasteiger partial charge in [-0.1, -0.05) is 11.6 Å². The Bertz CT molecular complexity index is 394. The fourth-order valence-electron chi connectivity index (χ4n) is 2.19. The van der Waals surface area contributed by atoms with E-state index in [1.54, 1.807) is 13.1 Å². The van der Waals surface area contributed by atoms with Crippen LogP contribution in [0.15, 0.2) is 18.3 Å². The maximum Gasteiger partial charge on any atom is 0.219 e. The number of amides is 1. The van der Waals surface area contributed by atoms with E-state index in [0.29, 0.717) is 11.1 Å². The number of carbonyl (C=O) groups excluding carboxylic acids is 1. The Morgan fingerprint density at radius 3 is 3.12 bits per heavy atom. The molecule has 0 unspecified atom stereocenters. The molecule has 1 aromatic rings. The van der Waals surface area contributed by atoms with Crippen LogP contribution >= 0.6 is 11.6 Å². The summed E-state index contributed by atoms with van der Waals surface area (Å²) in [6, 6.07) is 3.89. The van der Waals surface area contributed by atoms with Crippen molar-refractivity contribution < 1.29 is 4.79 Å². The monoisotopic (exact) mass is 238 g/mol. The van der Waals surface area contributed by atoms with Gasteiger partial charge in [0.05, 0.1) is 0 Å². The van der Waals surface area contributed by atoms with Crippen LogP contribution in [0.5, 0.6) is 0 Å². The summed E-state index contributed by atoms with van der Waals surface area (Å²) in [7, 11) is 0. The van der Waals surface area contributed by atoms with Gasteiger partial charge >= 0.3 is 0 Å². The number of hydrogen-bond acceptors (Lipinski definition) is 2. The summed E-state index contributed by atoms with van der Waals surface area (Å²) in [5.41, 5.74) is 1.20. The molecule has 1 aliphatic heterocycles. The Morgan fingerprint density at radius 1 is 1.69 bits per heavy atom. The topological polar surface area (TPSA) is 33.2 Å². The minimum atomic E-state index is 0.176. The highest BCUT2D eigenvalue weighted by Gasteiger charge is 2.24. The van der Waals surface area contributed by atoms with Crippen LogP contribution < -0.4 is 0 Å². The van der Waals surface area contributed by atoms with Crippen molar-refractivity contribution in [3.05, 3.63) is 29.0 Å². The third-order valence-electron chi connectivity index (χ3n) is 3.05. The molecule has 0 spiro atoms. The summed E-state index contributed by atoms with van der Waals surface area (Å²) >= 11 is 5.83. The molecule has 4 heteroatoms. The Balaban J connectivity index is 1.94. The molecular formula is C12H15ClN2O. The highest BCUT2D eigenvalue weighted by molar-refractivity contribution is 6.29. The Morgan fingerprint density at radius 2 is 2.50 bits per heavy atom. The second-order valence-electron chi connectivity index (χ2n) is 4.31. The van der Waals surface area contributed by atoms with Crippen molar-refractivity contribution >= 4 is 17.5 Å². The lowest BCUT2D eigenvalue weighted by Gasteiger charge is -2.13. The van der Waals surface area contributed by atoms with E-state index in [1.807, 2.05) is 17.0 Å². The van der Waals surface area contributed by atoms with Gasteiger partial charge in [-0.05, 0) is 36.5 Å². The standard InChI is InChI=1S/C12H15ClN2O/c1-9(16)15-5-3-11(8-15)6-10-2-4-14-12(13)7-10/h2,4,7,11H,3,5-6,8H2,1H3/t11-/m1/s1. The summed E-state index contributed by atoms with van der Waals surface area (Å²) in [6.45, 7) is 3.39. The lowest BCUT2D eigenvalue weighted by Crippen LogP contribution is -2.26. The van der Waals surface area contributed by atoms with E-state index in [1.165, 1.54) is 5.56 Å². The van der Waals surface area contributed by atoms with Crippen molar-refractivity contribution in [1.82, 2.24) is 9.88 Å². The van der Waals surface area contributed by atoms with Crippen molar-refractivity contribution in [2.75, 3.05) is 13.1 Å². The summed E-state index contributed by atoms with van der Waals surface area (Å²) in [6.07, 6.45) is 3.79. The SMILES string of the molecule is CC(=O)N1CC[C@H](Cc2ccnc(Cl)c2)C1. The number of halogens is 1. The first-order valence-corrected chi connectivity index (χ1v) is 5.89. The molecule has 0 N–H and O–H groups in total. The number of hydrogen-bond donors (Lipinski definition) is 0. The third-order valence-corrected chi connectivity index (χ3v) is 3.25. The van der Waals surface area contributed by atoms with Gasteiger partial charge in [-0.25, -0.2) is 4.98 Å². The summed E-state index contributed by atoms with van der Waals surface area (Å²) < 4.78 is 0. The first-order valence-electron chi connectivity index (χ1n) is 5.51. The summed E-state index contributed by atoms with van der Waals surface area (Å²) in [5.74, 6) is 0.734. The van der Waals surface area contributed by atoms with Gasteiger partial charge in [0.2, 0.25) is 5.91 Å². The second kappa shape index (κ2) is 4.83. The normalized spacial score (nSPS) is 20.1. The highest BCUT2D eigenvalue weighted by atomic mass is 35.5. The first-order chi connectivity index (χ1) is 7.65. The fraction of sp³-hybridized carbons (Fsp3) is 0.500. The molecule has 1 saturated heterocycles. The van der Waals surface area contributed by atoms with Crippen LogP contribution in [0.25, 0.3) is 0 Å². The number of pyridine rings is 1. The molecule has 2 heterocycles. The smallest absolute Gasteiger partial charge is 0.219 e. The van der Waals surface area contributed by atoms with Gasteiger partial charge in [0.1, 0.15) is 5.15 Å². The van der Waals surface area contributed by atoms with Gasteiger partial charge in [0.15, 0.2) is 0 Å². The van der Waals surface area contributed by atoms with Crippen LogP contribution in [0.4, 0.5) is 0 Å². The molecule has 16 heavy (non-hydrogen) atoms. The highest BCUT2D eigenvalue weighted by Crippen LogP contribution is 2.21. The number of likely N-dealkylation sites (tertiary alicyclic amines) is 1. The van der Waals surface area contributed by atoms with Crippen LogP contribution in [-0.4, -0.2) is 28.9 Å². The number of carbonyl (C=O) groups is 1. The van der Waals surface area contributed by atoms with Gasteiger partial charge in [-0.3, -0.25) is 4.79 Å². The molecule has 0 bridgehead atoms.